The van der Waals surface area contributed by atoms with Crippen LogP contribution in [0.15, 0.2) is 67.0 Å². The van der Waals surface area contributed by atoms with Gasteiger partial charge in [-0.1, -0.05) is 11.6 Å². The van der Waals surface area contributed by atoms with Gasteiger partial charge in [-0.25, -0.2) is 9.18 Å². The Hall–Kier alpha value is -3.12. The molecule has 5 nitrogen and oxygen atoms in total. The standard InChI is InChI=1S/C19H14ClFN2O3/c20-16-11-14(5-8-17(16)21)22-18(24)12-26-19(25)13-3-6-15(7-4-13)23-9-1-2-10-23/h1-11H,12H2,(H,22,24). The van der Waals surface area contributed by atoms with Gasteiger partial charge in [-0.3, -0.25) is 4.79 Å². The fourth-order valence-corrected chi connectivity index (χ4v) is 2.44. The molecule has 0 unspecified atom stereocenters. The quantitative estimate of drug-likeness (QED) is 0.687. The molecule has 0 aliphatic heterocycles. The van der Waals surface area contributed by atoms with Crippen molar-refractivity contribution in [3.63, 3.8) is 0 Å². The third kappa shape index (κ3) is 4.29. The van der Waals surface area contributed by atoms with E-state index in [1.807, 2.05) is 29.1 Å². The Morgan fingerprint density at radius 1 is 1.08 bits per heavy atom. The summed E-state index contributed by atoms with van der Waals surface area (Å²) in [6.07, 6.45) is 3.78. The Labute approximate surface area is 154 Å². The van der Waals surface area contributed by atoms with Crippen LogP contribution >= 0.6 is 11.6 Å². The lowest BCUT2D eigenvalue weighted by atomic mass is 10.2. The van der Waals surface area contributed by atoms with Gasteiger partial charge in [-0.2, -0.15) is 0 Å². The Kier molecular flexibility index (Phi) is 5.34. The zero-order chi connectivity index (χ0) is 18.5. The van der Waals surface area contributed by atoms with Crippen molar-refractivity contribution in [2.24, 2.45) is 0 Å². The van der Waals surface area contributed by atoms with Crippen LogP contribution < -0.4 is 5.32 Å². The van der Waals surface area contributed by atoms with Crippen molar-refractivity contribution in [2.75, 3.05) is 11.9 Å². The van der Waals surface area contributed by atoms with Gasteiger partial charge in [-0.05, 0) is 54.6 Å². The third-order valence-corrected chi connectivity index (χ3v) is 3.83. The number of hydrogen-bond donors (Lipinski definition) is 1. The molecule has 0 aliphatic carbocycles. The van der Waals surface area contributed by atoms with Crippen molar-refractivity contribution in [1.82, 2.24) is 4.57 Å². The number of rotatable bonds is 5. The molecule has 0 fully saturated rings. The lowest BCUT2D eigenvalue weighted by molar-refractivity contribution is -0.119. The number of carbonyl (C=O) groups is 2. The molecule has 132 valence electrons. The van der Waals surface area contributed by atoms with Crippen LogP contribution in [0.5, 0.6) is 0 Å². The Morgan fingerprint density at radius 3 is 2.42 bits per heavy atom. The minimum absolute atomic E-state index is 0.109. The average Bonchev–Trinajstić information content (AvgIpc) is 3.18. The van der Waals surface area contributed by atoms with Gasteiger partial charge in [0.1, 0.15) is 5.82 Å². The van der Waals surface area contributed by atoms with Gasteiger partial charge < -0.3 is 14.6 Å². The van der Waals surface area contributed by atoms with Crippen LogP contribution in [0.3, 0.4) is 0 Å². The Bertz CT molecular complexity index is 924. The van der Waals surface area contributed by atoms with Crippen LogP contribution in [0, 0.1) is 5.82 Å². The molecular formula is C19H14ClFN2O3. The summed E-state index contributed by atoms with van der Waals surface area (Å²) >= 11 is 5.64. The molecule has 0 aliphatic rings. The first kappa shape index (κ1) is 17.7. The van der Waals surface area contributed by atoms with Crippen molar-refractivity contribution in [2.45, 2.75) is 0 Å². The van der Waals surface area contributed by atoms with Gasteiger partial charge in [0.2, 0.25) is 0 Å². The van der Waals surface area contributed by atoms with Crippen molar-refractivity contribution in [3.8, 4) is 5.69 Å². The summed E-state index contributed by atoms with van der Waals surface area (Å²) < 4.78 is 20.0. The molecule has 3 rings (SSSR count). The minimum atomic E-state index is -0.614. The largest absolute Gasteiger partial charge is 0.452 e. The number of ether oxygens (including phenoxy) is 1. The van der Waals surface area contributed by atoms with E-state index < -0.39 is 24.3 Å². The van der Waals surface area contributed by atoms with E-state index in [0.717, 1.165) is 11.8 Å². The summed E-state index contributed by atoms with van der Waals surface area (Å²) in [6.45, 7) is -0.465. The molecule has 1 N–H and O–H groups in total. The number of esters is 1. The zero-order valence-electron chi connectivity index (χ0n) is 13.5. The highest BCUT2D eigenvalue weighted by Crippen LogP contribution is 2.19. The van der Waals surface area contributed by atoms with Crippen LogP contribution in [-0.2, 0) is 9.53 Å². The maximum absolute atomic E-state index is 13.1. The molecule has 26 heavy (non-hydrogen) atoms. The fraction of sp³-hybridized carbons (Fsp3) is 0.0526. The van der Waals surface area contributed by atoms with Crippen molar-refractivity contribution in [1.29, 1.82) is 0 Å². The average molecular weight is 373 g/mol. The molecule has 0 saturated heterocycles. The van der Waals surface area contributed by atoms with E-state index in [0.29, 0.717) is 11.3 Å². The van der Waals surface area contributed by atoms with E-state index in [-0.39, 0.29) is 5.02 Å². The molecule has 0 radical (unpaired) electrons. The third-order valence-electron chi connectivity index (χ3n) is 3.54. The van der Waals surface area contributed by atoms with Crippen LogP contribution in [0.2, 0.25) is 5.02 Å². The maximum atomic E-state index is 13.1. The number of halogens is 2. The SMILES string of the molecule is O=C(COC(=O)c1ccc(-n2cccc2)cc1)Nc1ccc(F)c(Cl)c1. The van der Waals surface area contributed by atoms with Crippen LogP contribution in [-0.4, -0.2) is 23.1 Å². The zero-order valence-corrected chi connectivity index (χ0v) is 14.2. The van der Waals surface area contributed by atoms with Crippen LogP contribution in [0.25, 0.3) is 5.69 Å². The second-order valence-corrected chi connectivity index (χ2v) is 5.80. The predicted octanol–water partition coefficient (Wildman–Crippen LogP) is 4.07. The topological polar surface area (TPSA) is 60.3 Å². The summed E-state index contributed by atoms with van der Waals surface area (Å²) in [7, 11) is 0. The number of amides is 1. The van der Waals surface area contributed by atoms with Crippen LogP contribution in [0.4, 0.5) is 10.1 Å². The number of carbonyl (C=O) groups excluding carboxylic acids is 2. The van der Waals surface area contributed by atoms with E-state index in [1.54, 1.807) is 24.3 Å². The normalized spacial score (nSPS) is 10.4. The molecular weight excluding hydrogens is 359 g/mol. The van der Waals surface area contributed by atoms with Crippen LogP contribution in [0.1, 0.15) is 10.4 Å². The molecule has 0 spiro atoms. The molecule has 1 amide bonds. The lowest BCUT2D eigenvalue weighted by Crippen LogP contribution is -2.21. The first-order chi connectivity index (χ1) is 12.5. The number of aromatic nitrogens is 1. The summed E-state index contributed by atoms with van der Waals surface area (Å²) in [5, 5.41) is 2.37. The molecule has 0 bridgehead atoms. The number of nitrogens with one attached hydrogen (secondary N) is 1. The molecule has 0 atom stereocenters. The van der Waals surface area contributed by atoms with E-state index in [1.165, 1.54) is 12.1 Å². The molecule has 0 saturated carbocycles. The number of benzene rings is 2. The summed E-state index contributed by atoms with van der Waals surface area (Å²) in [5.41, 5.74) is 1.55. The second kappa shape index (κ2) is 7.84. The number of nitrogens with zero attached hydrogens (tertiary/aromatic N) is 1. The van der Waals surface area contributed by atoms with E-state index in [9.17, 15) is 14.0 Å². The second-order valence-electron chi connectivity index (χ2n) is 5.39. The Balaban J connectivity index is 1.54. The van der Waals surface area contributed by atoms with Crippen molar-refractivity contribution >= 4 is 29.2 Å². The highest BCUT2D eigenvalue weighted by atomic mass is 35.5. The molecule has 7 heteroatoms. The molecule has 1 heterocycles. The van der Waals surface area contributed by atoms with Crippen molar-refractivity contribution < 1.29 is 18.7 Å². The summed E-state index contributed by atoms with van der Waals surface area (Å²) in [5.74, 6) is -1.75. The molecule has 3 aromatic rings. The Morgan fingerprint density at radius 2 is 1.77 bits per heavy atom. The summed E-state index contributed by atoms with van der Waals surface area (Å²) in [4.78, 5) is 23.8. The van der Waals surface area contributed by atoms with Gasteiger partial charge in [0.25, 0.3) is 5.91 Å². The van der Waals surface area contributed by atoms with Gasteiger partial charge in [-0.15, -0.1) is 0 Å². The van der Waals surface area contributed by atoms with Crippen molar-refractivity contribution in [3.05, 3.63) is 83.4 Å². The van der Waals surface area contributed by atoms with E-state index >= 15 is 0 Å². The lowest BCUT2D eigenvalue weighted by Gasteiger charge is -2.08. The minimum Gasteiger partial charge on any atom is -0.452 e. The first-order valence-corrected chi connectivity index (χ1v) is 8.06. The van der Waals surface area contributed by atoms with E-state index in [4.69, 9.17) is 16.3 Å². The van der Waals surface area contributed by atoms with Gasteiger partial charge in [0, 0.05) is 23.8 Å². The fourth-order valence-electron chi connectivity index (χ4n) is 2.26. The van der Waals surface area contributed by atoms with Gasteiger partial charge >= 0.3 is 5.97 Å². The highest BCUT2D eigenvalue weighted by molar-refractivity contribution is 6.31. The smallest absolute Gasteiger partial charge is 0.338 e. The van der Waals surface area contributed by atoms with Gasteiger partial charge in [0.15, 0.2) is 6.61 Å². The molecule has 1 aromatic heterocycles. The predicted molar refractivity (Wildman–Crippen MR) is 96.1 cm³/mol. The van der Waals surface area contributed by atoms with Gasteiger partial charge in [0.05, 0.1) is 10.6 Å². The first-order valence-electron chi connectivity index (χ1n) is 7.68. The van der Waals surface area contributed by atoms with E-state index in [2.05, 4.69) is 5.32 Å². The summed E-state index contributed by atoms with van der Waals surface area (Å²) in [6, 6.07) is 14.4. The molecule has 2 aromatic carbocycles. The highest BCUT2D eigenvalue weighted by Gasteiger charge is 2.11. The monoisotopic (exact) mass is 372 g/mol. The number of hydrogen-bond acceptors (Lipinski definition) is 3. The maximum Gasteiger partial charge on any atom is 0.338 e. The number of anilines is 1.